The van der Waals surface area contributed by atoms with E-state index in [0.717, 1.165) is 0 Å². The van der Waals surface area contributed by atoms with Crippen molar-refractivity contribution >= 4 is 24.2 Å². The molecule has 0 amide bonds. The number of hydrogen-bond acceptors (Lipinski definition) is 1. The third-order valence-electron chi connectivity index (χ3n) is 1.57. The van der Waals surface area contributed by atoms with Crippen LogP contribution in [0.5, 0.6) is 0 Å². The summed E-state index contributed by atoms with van der Waals surface area (Å²) in [6.45, 7) is 3.61. The molecule has 0 atom stereocenters. The molecule has 0 aromatic heterocycles. The lowest BCUT2D eigenvalue weighted by Gasteiger charge is -2.19. The maximum absolute atomic E-state index is 13.2. The highest BCUT2D eigenvalue weighted by molar-refractivity contribution is 7.81. The van der Waals surface area contributed by atoms with E-state index in [9.17, 15) is 4.39 Å². The Labute approximate surface area is 82.2 Å². The van der Waals surface area contributed by atoms with E-state index in [1.54, 1.807) is 26.0 Å². The summed E-state index contributed by atoms with van der Waals surface area (Å²) in [7, 11) is 0. The SMILES string of the molecule is CC(C)(S)c1c(F)cccc1Cl. The minimum Gasteiger partial charge on any atom is -0.207 e. The summed E-state index contributed by atoms with van der Waals surface area (Å²) in [5.41, 5.74) is 0.454. The van der Waals surface area contributed by atoms with Crippen molar-refractivity contribution < 1.29 is 4.39 Å². The average Bonchev–Trinajstić information content (AvgIpc) is 1.82. The normalized spacial score (nSPS) is 11.8. The van der Waals surface area contributed by atoms with Crippen molar-refractivity contribution in [2.24, 2.45) is 0 Å². The summed E-state index contributed by atoms with van der Waals surface area (Å²) < 4.78 is 12.7. The van der Waals surface area contributed by atoms with Crippen LogP contribution in [0, 0.1) is 5.82 Å². The molecule has 0 saturated heterocycles. The molecule has 0 aliphatic carbocycles. The van der Waals surface area contributed by atoms with Gasteiger partial charge in [0.15, 0.2) is 0 Å². The minimum absolute atomic E-state index is 0.303. The van der Waals surface area contributed by atoms with E-state index in [0.29, 0.717) is 10.6 Å². The standard InChI is InChI=1S/C9H10ClFS/c1-9(2,12)8-6(10)4-3-5-7(8)11/h3-5,12H,1-2H3. The zero-order valence-corrected chi connectivity index (χ0v) is 8.59. The van der Waals surface area contributed by atoms with Crippen LogP contribution in [0.2, 0.25) is 5.02 Å². The fourth-order valence-electron chi connectivity index (χ4n) is 1.08. The number of rotatable bonds is 1. The highest BCUT2D eigenvalue weighted by Gasteiger charge is 2.22. The van der Waals surface area contributed by atoms with Crippen LogP contribution in [-0.2, 0) is 4.75 Å². The Morgan fingerprint density at radius 2 is 2.00 bits per heavy atom. The van der Waals surface area contributed by atoms with Crippen molar-refractivity contribution in [3.05, 3.63) is 34.6 Å². The number of halogens is 2. The molecule has 0 nitrogen and oxygen atoms in total. The maximum Gasteiger partial charge on any atom is 0.129 e. The first-order valence-electron chi connectivity index (χ1n) is 3.60. The van der Waals surface area contributed by atoms with Gasteiger partial charge in [-0.3, -0.25) is 0 Å². The lowest BCUT2D eigenvalue weighted by atomic mass is 10.0. The Morgan fingerprint density at radius 1 is 1.42 bits per heavy atom. The molecule has 1 aromatic rings. The van der Waals surface area contributed by atoms with E-state index < -0.39 is 4.75 Å². The zero-order chi connectivity index (χ0) is 9.35. The van der Waals surface area contributed by atoms with Gasteiger partial charge in [-0.1, -0.05) is 17.7 Å². The molecule has 0 radical (unpaired) electrons. The Hall–Kier alpha value is -0.210. The molecule has 1 rings (SSSR count). The minimum atomic E-state index is -0.539. The maximum atomic E-state index is 13.2. The molecule has 0 aliphatic rings. The monoisotopic (exact) mass is 204 g/mol. The van der Waals surface area contributed by atoms with Gasteiger partial charge in [-0.05, 0) is 26.0 Å². The predicted octanol–water partition coefficient (Wildman–Crippen LogP) is 3.64. The first kappa shape index (κ1) is 9.87. The van der Waals surface area contributed by atoms with Crippen molar-refractivity contribution in [1.82, 2.24) is 0 Å². The summed E-state index contributed by atoms with van der Waals surface area (Å²) in [6.07, 6.45) is 0. The smallest absolute Gasteiger partial charge is 0.129 e. The number of thiol groups is 1. The van der Waals surface area contributed by atoms with Gasteiger partial charge in [-0.15, -0.1) is 0 Å². The molecular formula is C9H10ClFS. The molecule has 66 valence electrons. The lowest BCUT2D eigenvalue weighted by Crippen LogP contribution is -2.11. The highest BCUT2D eigenvalue weighted by atomic mass is 35.5. The Kier molecular flexibility index (Phi) is 2.69. The van der Waals surface area contributed by atoms with Crippen LogP contribution in [0.3, 0.4) is 0 Å². The Balaban J connectivity index is 3.31. The van der Waals surface area contributed by atoms with Gasteiger partial charge in [0.1, 0.15) is 5.82 Å². The molecule has 3 heteroatoms. The zero-order valence-electron chi connectivity index (χ0n) is 6.94. The predicted molar refractivity (Wildman–Crippen MR) is 53.4 cm³/mol. The molecule has 0 bridgehead atoms. The van der Waals surface area contributed by atoms with E-state index >= 15 is 0 Å². The first-order chi connectivity index (χ1) is 5.43. The van der Waals surface area contributed by atoms with Gasteiger partial charge in [0.2, 0.25) is 0 Å². The van der Waals surface area contributed by atoms with Crippen molar-refractivity contribution in [1.29, 1.82) is 0 Å². The van der Waals surface area contributed by atoms with E-state index in [1.807, 2.05) is 0 Å². The van der Waals surface area contributed by atoms with Gasteiger partial charge >= 0.3 is 0 Å². The lowest BCUT2D eigenvalue weighted by molar-refractivity contribution is 0.588. The highest BCUT2D eigenvalue weighted by Crippen LogP contribution is 2.34. The molecule has 0 heterocycles. The largest absolute Gasteiger partial charge is 0.207 e. The summed E-state index contributed by atoms with van der Waals surface area (Å²) in [4.78, 5) is 0. The average molecular weight is 205 g/mol. The van der Waals surface area contributed by atoms with Crippen molar-refractivity contribution in [2.75, 3.05) is 0 Å². The second kappa shape index (κ2) is 3.27. The molecular weight excluding hydrogens is 195 g/mol. The van der Waals surface area contributed by atoms with Crippen LogP contribution in [0.25, 0.3) is 0 Å². The fourth-order valence-corrected chi connectivity index (χ4v) is 1.77. The number of benzene rings is 1. The van der Waals surface area contributed by atoms with Crippen molar-refractivity contribution in [2.45, 2.75) is 18.6 Å². The van der Waals surface area contributed by atoms with Crippen LogP contribution < -0.4 is 0 Å². The van der Waals surface area contributed by atoms with E-state index in [4.69, 9.17) is 11.6 Å². The fraction of sp³-hybridized carbons (Fsp3) is 0.333. The van der Waals surface area contributed by atoms with Gasteiger partial charge < -0.3 is 0 Å². The van der Waals surface area contributed by atoms with Crippen molar-refractivity contribution in [3.8, 4) is 0 Å². The summed E-state index contributed by atoms with van der Waals surface area (Å²) in [6, 6.07) is 4.64. The molecule has 0 spiro atoms. The van der Waals surface area contributed by atoms with Gasteiger partial charge in [0, 0.05) is 15.3 Å². The van der Waals surface area contributed by atoms with E-state index in [-0.39, 0.29) is 5.82 Å². The quantitative estimate of drug-likeness (QED) is 0.664. The van der Waals surface area contributed by atoms with Crippen LogP contribution in [0.4, 0.5) is 4.39 Å². The van der Waals surface area contributed by atoms with E-state index in [2.05, 4.69) is 12.6 Å². The van der Waals surface area contributed by atoms with E-state index in [1.165, 1.54) is 6.07 Å². The number of hydrogen-bond donors (Lipinski definition) is 1. The molecule has 0 fully saturated rings. The molecule has 1 aromatic carbocycles. The summed E-state index contributed by atoms with van der Waals surface area (Å²) in [5.74, 6) is -0.303. The second-order valence-electron chi connectivity index (χ2n) is 3.16. The van der Waals surface area contributed by atoms with Crippen molar-refractivity contribution in [3.63, 3.8) is 0 Å². The third-order valence-corrected chi connectivity index (χ3v) is 2.11. The summed E-state index contributed by atoms with van der Waals surface area (Å²) >= 11 is 10.1. The van der Waals surface area contributed by atoms with Crippen LogP contribution in [0.15, 0.2) is 18.2 Å². The molecule has 0 saturated carbocycles. The third kappa shape index (κ3) is 1.93. The van der Waals surface area contributed by atoms with Gasteiger partial charge in [0.05, 0.1) is 0 Å². The molecule has 0 unspecified atom stereocenters. The summed E-state index contributed by atoms with van der Waals surface area (Å²) in [5, 5.41) is 0.426. The second-order valence-corrected chi connectivity index (χ2v) is 4.68. The molecule has 0 aliphatic heterocycles. The van der Waals surface area contributed by atoms with Gasteiger partial charge in [-0.2, -0.15) is 12.6 Å². The first-order valence-corrected chi connectivity index (χ1v) is 4.42. The Bertz CT molecular complexity index is 271. The van der Waals surface area contributed by atoms with Crippen LogP contribution in [-0.4, -0.2) is 0 Å². The Morgan fingerprint density at radius 3 is 2.33 bits per heavy atom. The topological polar surface area (TPSA) is 0 Å². The van der Waals surface area contributed by atoms with Gasteiger partial charge in [-0.25, -0.2) is 4.39 Å². The van der Waals surface area contributed by atoms with Crippen LogP contribution in [0.1, 0.15) is 19.4 Å². The molecule has 12 heavy (non-hydrogen) atoms. The van der Waals surface area contributed by atoms with Gasteiger partial charge in [0.25, 0.3) is 0 Å². The molecule has 0 N–H and O–H groups in total. The van der Waals surface area contributed by atoms with Crippen LogP contribution >= 0.6 is 24.2 Å².